The van der Waals surface area contributed by atoms with Crippen molar-refractivity contribution in [3.8, 4) is 0 Å². The number of rotatable bonds is 2. The van der Waals surface area contributed by atoms with Crippen LogP contribution in [0.1, 0.15) is 31.2 Å². The van der Waals surface area contributed by atoms with E-state index in [1.54, 1.807) is 18.2 Å². The van der Waals surface area contributed by atoms with E-state index >= 15 is 0 Å². The molecule has 0 aliphatic carbocycles. The molecule has 1 aromatic rings. The third-order valence-corrected chi connectivity index (χ3v) is 2.89. The molecule has 0 heterocycles. The molecule has 0 N–H and O–H groups in total. The Morgan fingerprint density at radius 3 is 2.56 bits per heavy atom. The lowest BCUT2D eigenvalue weighted by atomic mass is 10.1. The summed E-state index contributed by atoms with van der Waals surface area (Å²) in [6.45, 7) is 5.51. The van der Waals surface area contributed by atoms with Gasteiger partial charge in [-0.2, -0.15) is 0 Å². The summed E-state index contributed by atoms with van der Waals surface area (Å²) in [4.78, 5) is 11.3. The number of hydrogen-bond acceptors (Lipinski definition) is 2. The Labute approximate surface area is 109 Å². The van der Waals surface area contributed by atoms with Gasteiger partial charge >= 0.3 is 5.97 Å². The van der Waals surface area contributed by atoms with Crippen molar-refractivity contribution in [3.05, 3.63) is 34.9 Å². The molecular formula is C12H14BrClO2. The number of halogens is 2. The van der Waals surface area contributed by atoms with Crippen molar-refractivity contribution in [2.45, 2.75) is 31.2 Å². The van der Waals surface area contributed by atoms with Gasteiger partial charge in [-0.3, -0.25) is 4.79 Å². The minimum absolute atomic E-state index is 0.310. The number of hydrogen-bond donors (Lipinski definition) is 0. The SMILES string of the molecule is CC(C)(C)OC(=O)C(Br)c1cccc(Cl)c1. The van der Waals surface area contributed by atoms with E-state index in [0.717, 1.165) is 5.56 Å². The van der Waals surface area contributed by atoms with Gasteiger partial charge in [-0.15, -0.1) is 0 Å². The van der Waals surface area contributed by atoms with Crippen LogP contribution in [0.25, 0.3) is 0 Å². The maximum absolute atomic E-state index is 11.8. The van der Waals surface area contributed by atoms with Crippen LogP contribution >= 0.6 is 27.5 Å². The summed E-state index contributed by atoms with van der Waals surface area (Å²) >= 11 is 9.16. The van der Waals surface area contributed by atoms with Crippen molar-refractivity contribution in [1.82, 2.24) is 0 Å². The van der Waals surface area contributed by atoms with Crippen LogP contribution in [0.5, 0.6) is 0 Å². The molecule has 1 unspecified atom stereocenters. The van der Waals surface area contributed by atoms with Gasteiger partial charge in [-0.1, -0.05) is 39.7 Å². The highest BCUT2D eigenvalue weighted by molar-refractivity contribution is 9.09. The first-order valence-electron chi connectivity index (χ1n) is 4.92. The van der Waals surface area contributed by atoms with Gasteiger partial charge in [0.05, 0.1) is 0 Å². The molecular weight excluding hydrogens is 291 g/mol. The van der Waals surface area contributed by atoms with E-state index in [0.29, 0.717) is 5.02 Å². The molecule has 0 aromatic heterocycles. The van der Waals surface area contributed by atoms with Crippen LogP contribution in [0.15, 0.2) is 24.3 Å². The lowest BCUT2D eigenvalue weighted by Gasteiger charge is -2.21. The molecule has 1 atom stereocenters. The van der Waals surface area contributed by atoms with Gasteiger partial charge < -0.3 is 4.74 Å². The van der Waals surface area contributed by atoms with Gasteiger partial charge in [-0.25, -0.2) is 0 Å². The van der Waals surface area contributed by atoms with Crippen molar-refractivity contribution in [1.29, 1.82) is 0 Å². The number of carbonyl (C=O) groups is 1. The lowest BCUT2D eigenvalue weighted by Crippen LogP contribution is -2.25. The Kier molecular flexibility index (Phi) is 4.39. The van der Waals surface area contributed by atoms with Gasteiger partial charge in [0, 0.05) is 5.02 Å². The molecule has 0 aliphatic heterocycles. The van der Waals surface area contributed by atoms with E-state index in [1.165, 1.54) is 0 Å². The maximum atomic E-state index is 11.8. The summed E-state index contributed by atoms with van der Waals surface area (Å²) in [6, 6.07) is 7.14. The quantitative estimate of drug-likeness (QED) is 0.607. The Morgan fingerprint density at radius 2 is 2.06 bits per heavy atom. The van der Waals surface area contributed by atoms with Crippen LogP contribution in [-0.4, -0.2) is 11.6 Å². The zero-order chi connectivity index (χ0) is 12.3. The summed E-state index contributed by atoms with van der Waals surface area (Å²) in [7, 11) is 0. The molecule has 0 radical (unpaired) electrons. The Hall–Kier alpha value is -0.540. The maximum Gasteiger partial charge on any atom is 0.324 e. The van der Waals surface area contributed by atoms with Crippen LogP contribution in [0.3, 0.4) is 0 Å². The van der Waals surface area contributed by atoms with E-state index in [2.05, 4.69) is 15.9 Å². The fourth-order valence-electron chi connectivity index (χ4n) is 1.15. The number of carbonyl (C=O) groups excluding carboxylic acids is 1. The Bertz CT molecular complexity index is 385. The summed E-state index contributed by atoms with van der Waals surface area (Å²) in [5, 5.41) is 0.602. The zero-order valence-electron chi connectivity index (χ0n) is 9.46. The molecule has 0 aliphatic rings. The number of esters is 1. The van der Waals surface area contributed by atoms with Gasteiger partial charge in [0.25, 0.3) is 0 Å². The van der Waals surface area contributed by atoms with Crippen LogP contribution in [-0.2, 0) is 9.53 Å². The molecule has 0 amide bonds. The monoisotopic (exact) mass is 304 g/mol. The van der Waals surface area contributed by atoms with Crippen LogP contribution in [0.2, 0.25) is 5.02 Å². The minimum atomic E-state index is -0.484. The molecule has 1 aromatic carbocycles. The predicted octanol–water partition coefficient (Wildman–Crippen LogP) is 4.12. The fraction of sp³-hybridized carbons (Fsp3) is 0.417. The van der Waals surface area contributed by atoms with Crippen LogP contribution in [0.4, 0.5) is 0 Å². The number of benzene rings is 1. The Morgan fingerprint density at radius 1 is 1.44 bits per heavy atom. The number of ether oxygens (including phenoxy) is 1. The minimum Gasteiger partial charge on any atom is -0.459 e. The van der Waals surface area contributed by atoms with Gasteiger partial charge in [0.2, 0.25) is 0 Å². The highest BCUT2D eigenvalue weighted by Crippen LogP contribution is 2.27. The first-order chi connectivity index (χ1) is 7.29. The average molecular weight is 306 g/mol. The van der Waals surface area contributed by atoms with Crippen molar-refractivity contribution < 1.29 is 9.53 Å². The second-order valence-electron chi connectivity index (χ2n) is 4.45. The van der Waals surface area contributed by atoms with Gasteiger partial charge in [0.15, 0.2) is 0 Å². The summed E-state index contributed by atoms with van der Waals surface area (Å²) in [6.07, 6.45) is 0. The molecule has 0 fully saturated rings. The summed E-state index contributed by atoms with van der Waals surface area (Å²) in [5.74, 6) is -0.310. The molecule has 0 saturated heterocycles. The molecule has 0 bridgehead atoms. The smallest absolute Gasteiger partial charge is 0.324 e. The largest absolute Gasteiger partial charge is 0.459 e. The van der Waals surface area contributed by atoms with Crippen LogP contribution < -0.4 is 0 Å². The topological polar surface area (TPSA) is 26.3 Å². The van der Waals surface area contributed by atoms with Crippen molar-refractivity contribution in [2.75, 3.05) is 0 Å². The molecule has 1 rings (SSSR count). The normalized spacial score (nSPS) is 13.3. The first-order valence-corrected chi connectivity index (χ1v) is 6.21. The third-order valence-electron chi connectivity index (χ3n) is 1.76. The molecule has 2 nitrogen and oxygen atoms in total. The lowest BCUT2D eigenvalue weighted by molar-refractivity contribution is -0.154. The summed E-state index contributed by atoms with van der Waals surface area (Å²) in [5.41, 5.74) is 0.309. The average Bonchev–Trinajstić information content (AvgIpc) is 2.14. The van der Waals surface area contributed by atoms with Gasteiger partial charge in [0.1, 0.15) is 10.4 Å². The number of alkyl halides is 1. The highest BCUT2D eigenvalue weighted by Gasteiger charge is 2.24. The molecule has 4 heteroatoms. The molecule has 0 saturated carbocycles. The second-order valence-corrected chi connectivity index (χ2v) is 5.80. The summed E-state index contributed by atoms with van der Waals surface area (Å²) < 4.78 is 5.26. The molecule has 0 spiro atoms. The van der Waals surface area contributed by atoms with E-state index < -0.39 is 10.4 Å². The van der Waals surface area contributed by atoms with E-state index in [-0.39, 0.29) is 5.97 Å². The zero-order valence-corrected chi connectivity index (χ0v) is 11.8. The van der Waals surface area contributed by atoms with Crippen molar-refractivity contribution in [2.24, 2.45) is 0 Å². The predicted molar refractivity (Wildman–Crippen MR) is 69.0 cm³/mol. The standard InChI is InChI=1S/C12H14BrClO2/c1-12(2,3)16-11(15)10(13)8-5-4-6-9(14)7-8/h4-7,10H,1-3H3. The van der Waals surface area contributed by atoms with Crippen molar-refractivity contribution in [3.63, 3.8) is 0 Å². The first kappa shape index (κ1) is 13.5. The molecule has 88 valence electrons. The highest BCUT2D eigenvalue weighted by atomic mass is 79.9. The Balaban J connectivity index is 2.78. The van der Waals surface area contributed by atoms with Crippen molar-refractivity contribution >= 4 is 33.5 Å². The second kappa shape index (κ2) is 5.19. The third kappa shape index (κ3) is 4.14. The van der Waals surface area contributed by atoms with E-state index in [9.17, 15) is 4.79 Å². The van der Waals surface area contributed by atoms with E-state index in [1.807, 2.05) is 26.8 Å². The van der Waals surface area contributed by atoms with E-state index in [4.69, 9.17) is 16.3 Å². The van der Waals surface area contributed by atoms with Crippen LogP contribution in [0, 0.1) is 0 Å². The fourth-order valence-corrected chi connectivity index (χ4v) is 1.73. The molecule has 16 heavy (non-hydrogen) atoms. The van der Waals surface area contributed by atoms with Gasteiger partial charge in [-0.05, 0) is 38.5 Å².